The lowest BCUT2D eigenvalue weighted by atomic mass is 10.2. The van der Waals surface area contributed by atoms with E-state index in [0.29, 0.717) is 11.3 Å². The Morgan fingerprint density at radius 3 is 2.59 bits per heavy atom. The van der Waals surface area contributed by atoms with Crippen molar-refractivity contribution in [2.45, 2.75) is 0 Å². The highest BCUT2D eigenvalue weighted by Gasteiger charge is 1.99. The van der Waals surface area contributed by atoms with E-state index >= 15 is 0 Å². The van der Waals surface area contributed by atoms with Crippen molar-refractivity contribution in [3.05, 3.63) is 70.0 Å². The quantitative estimate of drug-likeness (QED) is 0.456. The van der Waals surface area contributed by atoms with Crippen LogP contribution < -0.4 is 0 Å². The SMILES string of the molecule is COC(=O)/C=C/c1cc(F)cc(/N=C/c2ccc(Br)cc2)c1. The largest absolute Gasteiger partial charge is 0.466 e. The topological polar surface area (TPSA) is 38.7 Å². The fourth-order valence-corrected chi connectivity index (χ4v) is 1.96. The first-order valence-corrected chi connectivity index (χ1v) is 7.22. The molecule has 0 spiro atoms. The minimum atomic E-state index is -0.496. The molecule has 0 fully saturated rings. The zero-order chi connectivity index (χ0) is 15.9. The van der Waals surface area contributed by atoms with Crippen molar-refractivity contribution in [3.63, 3.8) is 0 Å². The van der Waals surface area contributed by atoms with Crippen molar-refractivity contribution in [2.24, 2.45) is 4.99 Å². The number of halogens is 2. The van der Waals surface area contributed by atoms with Crippen LogP contribution in [-0.2, 0) is 9.53 Å². The van der Waals surface area contributed by atoms with Gasteiger partial charge in [-0.2, -0.15) is 0 Å². The molecule has 0 aliphatic rings. The molecule has 2 aromatic rings. The summed E-state index contributed by atoms with van der Waals surface area (Å²) in [6.45, 7) is 0. The predicted molar refractivity (Wildman–Crippen MR) is 88.8 cm³/mol. The number of hydrogen-bond acceptors (Lipinski definition) is 3. The van der Waals surface area contributed by atoms with Gasteiger partial charge < -0.3 is 4.74 Å². The lowest BCUT2D eigenvalue weighted by molar-refractivity contribution is -0.134. The summed E-state index contributed by atoms with van der Waals surface area (Å²) in [5, 5.41) is 0. The first-order valence-electron chi connectivity index (χ1n) is 6.43. The van der Waals surface area contributed by atoms with Crippen molar-refractivity contribution >= 4 is 39.9 Å². The summed E-state index contributed by atoms with van der Waals surface area (Å²) in [6, 6.07) is 11.9. The summed E-state index contributed by atoms with van der Waals surface area (Å²) in [7, 11) is 1.28. The molecule has 0 unspecified atom stereocenters. The molecule has 22 heavy (non-hydrogen) atoms. The van der Waals surface area contributed by atoms with Crippen LogP contribution >= 0.6 is 15.9 Å². The Morgan fingerprint density at radius 2 is 1.91 bits per heavy atom. The van der Waals surface area contributed by atoms with Crippen LogP contribution in [0.2, 0.25) is 0 Å². The molecule has 2 rings (SSSR count). The molecule has 112 valence electrons. The second kappa shape index (κ2) is 7.66. The minimum absolute atomic E-state index is 0.421. The Hall–Kier alpha value is -2.27. The molecule has 0 atom stereocenters. The Morgan fingerprint density at radius 1 is 1.18 bits per heavy atom. The van der Waals surface area contributed by atoms with Gasteiger partial charge in [0.2, 0.25) is 0 Å². The van der Waals surface area contributed by atoms with Crippen molar-refractivity contribution in [1.82, 2.24) is 0 Å². The fraction of sp³-hybridized carbons (Fsp3) is 0.0588. The minimum Gasteiger partial charge on any atom is -0.466 e. The van der Waals surface area contributed by atoms with E-state index in [1.54, 1.807) is 12.3 Å². The molecule has 2 aromatic carbocycles. The van der Waals surface area contributed by atoms with Gasteiger partial charge in [-0.15, -0.1) is 0 Å². The Bertz CT molecular complexity index is 724. The van der Waals surface area contributed by atoms with E-state index in [1.165, 1.54) is 31.4 Å². The summed E-state index contributed by atoms with van der Waals surface area (Å²) in [5.41, 5.74) is 1.90. The van der Waals surface area contributed by atoms with E-state index in [-0.39, 0.29) is 0 Å². The zero-order valence-corrected chi connectivity index (χ0v) is 13.4. The molecule has 0 radical (unpaired) electrons. The third kappa shape index (κ3) is 4.93. The normalized spacial score (nSPS) is 11.2. The Kier molecular flexibility index (Phi) is 5.61. The molecule has 0 bridgehead atoms. The Labute approximate surface area is 136 Å². The van der Waals surface area contributed by atoms with E-state index in [4.69, 9.17) is 0 Å². The lowest BCUT2D eigenvalue weighted by Crippen LogP contribution is -1.93. The molecule has 0 aliphatic heterocycles. The number of ether oxygens (including phenoxy) is 1. The number of esters is 1. The number of carbonyl (C=O) groups excluding carboxylic acids is 1. The molecule has 0 aromatic heterocycles. The third-order valence-corrected chi connectivity index (χ3v) is 3.28. The first-order chi connectivity index (χ1) is 10.6. The highest BCUT2D eigenvalue weighted by Crippen LogP contribution is 2.18. The van der Waals surface area contributed by atoms with Gasteiger partial charge in [0.25, 0.3) is 0 Å². The number of hydrogen-bond donors (Lipinski definition) is 0. The maximum absolute atomic E-state index is 13.6. The standard InChI is InChI=1S/C17H13BrFNO2/c1-22-17(21)7-4-13-8-15(19)10-16(9-13)20-11-12-2-5-14(18)6-3-12/h2-11H,1H3/b7-4+,20-11+. The van der Waals surface area contributed by atoms with E-state index in [0.717, 1.165) is 10.0 Å². The molecule has 0 saturated carbocycles. The first kappa shape index (κ1) is 16.1. The third-order valence-electron chi connectivity index (χ3n) is 2.75. The van der Waals surface area contributed by atoms with Crippen molar-refractivity contribution in [2.75, 3.05) is 7.11 Å². The number of nitrogens with zero attached hydrogens (tertiary/aromatic N) is 1. The highest BCUT2D eigenvalue weighted by atomic mass is 79.9. The van der Waals surface area contributed by atoms with Gasteiger partial charge in [-0.05, 0) is 47.5 Å². The van der Waals surface area contributed by atoms with Gasteiger partial charge >= 0.3 is 5.97 Å². The molecule has 0 saturated heterocycles. The summed E-state index contributed by atoms with van der Waals surface area (Å²) >= 11 is 3.36. The number of benzene rings is 2. The lowest BCUT2D eigenvalue weighted by Gasteiger charge is -1.99. The summed E-state index contributed by atoms with van der Waals surface area (Å²) in [5.74, 6) is -0.917. The number of methoxy groups -OCH3 is 1. The molecular formula is C17H13BrFNO2. The van der Waals surface area contributed by atoms with Crippen LogP contribution in [0.3, 0.4) is 0 Å². The predicted octanol–water partition coefficient (Wildman–Crippen LogP) is 4.53. The van der Waals surface area contributed by atoms with Crippen LogP contribution in [0.1, 0.15) is 11.1 Å². The Balaban J connectivity index is 2.20. The maximum atomic E-state index is 13.6. The molecule has 0 heterocycles. The van der Waals surface area contributed by atoms with Crippen LogP contribution in [0, 0.1) is 5.82 Å². The number of rotatable bonds is 4. The van der Waals surface area contributed by atoms with Crippen LogP contribution in [0.25, 0.3) is 6.08 Å². The van der Waals surface area contributed by atoms with Gasteiger partial charge in [0.15, 0.2) is 0 Å². The van der Waals surface area contributed by atoms with E-state index < -0.39 is 11.8 Å². The number of aliphatic imine (C=N–C) groups is 1. The number of carbonyl (C=O) groups is 1. The van der Waals surface area contributed by atoms with Crippen LogP contribution in [-0.4, -0.2) is 19.3 Å². The molecule has 5 heteroatoms. The highest BCUT2D eigenvalue weighted by molar-refractivity contribution is 9.10. The van der Waals surface area contributed by atoms with Crippen LogP contribution in [0.15, 0.2) is 58.0 Å². The van der Waals surface area contributed by atoms with Gasteiger partial charge in [-0.25, -0.2) is 9.18 Å². The van der Waals surface area contributed by atoms with Gasteiger partial charge in [-0.1, -0.05) is 28.1 Å². The monoisotopic (exact) mass is 361 g/mol. The second-order valence-corrected chi connectivity index (χ2v) is 5.32. The zero-order valence-electron chi connectivity index (χ0n) is 11.8. The average Bonchev–Trinajstić information content (AvgIpc) is 2.51. The van der Waals surface area contributed by atoms with Crippen LogP contribution in [0.5, 0.6) is 0 Å². The summed E-state index contributed by atoms with van der Waals surface area (Å²) in [6.07, 6.45) is 4.36. The smallest absolute Gasteiger partial charge is 0.330 e. The molecule has 3 nitrogen and oxygen atoms in total. The molecule has 0 N–H and O–H groups in total. The fourth-order valence-electron chi connectivity index (χ4n) is 1.70. The molecule has 0 aliphatic carbocycles. The molecular weight excluding hydrogens is 349 g/mol. The second-order valence-electron chi connectivity index (χ2n) is 4.41. The summed E-state index contributed by atoms with van der Waals surface area (Å²) in [4.78, 5) is 15.3. The molecule has 0 amide bonds. The van der Waals surface area contributed by atoms with Crippen molar-refractivity contribution in [3.8, 4) is 0 Å². The van der Waals surface area contributed by atoms with E-state index in [2.05, 4.69) is 25.7 Å². The average molecular weight is 362 g/mol. The van der Waals surface area contributed by atoms with Gasteiger partial charge in [-0.3, -0.25) is 4.99 Å². The summed E-state index contributed by atoms with van der Waals surface area (Å²) < 4.78 is 19.1. The maximum Gasteiger partial charge on any atom is 0.330 e. The van der Waals surface area contributed by atoms with Gasteiger partial charge in [0.05, 0.1) is 12.8 Å². The van der Waals surface area contributed by atoms with Crippen molar-refractivity contribution in [1.29, 1.82) is 0 Å². The van der Waals surface area contributed by atoms with E-state index in [1.807, 2.05) is 24.3 Å². The van der Waals surface area contributed by atoms with Gasteiger partial charge in [0.1, 0.15) is 5.82 Å². The van der Waals surface area contributed by atoms with Gasteiger partial charge in [0, 0.05) is 16.8 Å². The van der Waals surface area contributed by atoms with Crippen molar-refractivity contribution < 1.29 is 13.9 Å². The van der Waals surface area contributed by atoms with E-state index in [9.17, 15) is 9.18 Å². The van der Waals surface area contributed by atoms with Crippen LogP contribution in [0.4, 0.5) is 10.1 Å².